The summed E-state index contributed by atoms with van der Waals surface area (Å²) in [5.74, 6) is 0. The number of hydrogen-bond donors (Lipinski definition) is 0. The van der Waals surface area contributed by atoms with Gasteiger partial charge in [-0.15, -0.1) is 0 Å². The van der Waals surface area contributed by atoms with Gasteiger partial charge in [0.25, 0.3) is 0 Å². The molecule has 0 unspecified atom stereocenters. The minimum atomic E-state index is -0.480. The van der Waals surface area contributed by atoms with Crippen molar-refractivity contribution in [2.24, 2.45) is 0 Å². The summed E-state index contributed by atoms with van der Waals surface area (Å²) >= 11 is 0. The molecule has 0 aliphatic carbocycles. The van der Waals surface area contributed by atoms with Gasteiger partial charge in [-0.05, 0) is 116 Å². The summed E-state index contributed by atoms with van der Waals surface area (Å²) < 4.78 is 74.0. The molecule has 48 heavy (non-hydrogen) atoms. The molecule has 0 bridgehead atoms. The minimum Gasteiger partial charge on any atom is -0.0616 e. The lowest BCUT2D eigenvalue weighted by molar-refractivity contribution is 1.63. The van der Waals surface area contributed by atoms with E-state index in [1.807, 2.05) is 103 Å². The maximum Gasteiger partial charge on any atom is 0.0636 e. The van der Waals surface area contributed by atoms with Crippen molar-refractivity contribution in [1.82, 2.24) is 0 Å². The molecule has 0 amide bonds. The van der Waals surface area contributed by atoms with Crippen LogP contribution in [0.25, 0.3) is 98.0 Å². The first-order valence-corrected chi connectivity index (χ1v) is 16.0. The zero-order valence-electron chi connectivity index (χ0n) is 33.7. The Labute approximate surface area is 290 Å². The third-order valence-corrected chi connectivity index (χ3v) is 9.58. The molecule has 222 valence electrons. The van der Waals surface area contributed by atoms with Gasteiger partial charge in [-0.2, -0.15) is 0 Å². The molecule has 10 aromatic rings. The number of benzene rings is 10. The van der Waals surface area contributed by atoms with Crippen molar-refractivity contribution in [2.75, 3.05) is 0 Å². The predicted molar refractivity (Wildman–Crippen MR) is 208 cm³/mol. The molecule has 10 aromatic carbocycles. The van der Waals surface area contributed by atoms with E-state index < -0.39 is 12.1 Å². The lowest BCUT2D eigenvalue weighted by atomic mass is 9.83. The average Bonchev–Trinajstić information content (AvgIpc) is 3.23. The summed E-state index contributed by atoms with van der Waals surface area (Å²) in [5.41, 5.74) is 3.66. The van der Waals surface area contributed by atoms with Crippen LogP contribution in [0.1, 0.15) is 11.0 Å². The molecule has 0 fully saturated rings. The van der Waals surface area contributed by atoms with Crippen molar-refractivity contribution in [2.45, 2.75) is 0 Å². The molecule has 0 N–H and O–H groups in total. The Kier molecular flexibility index (Phi) is 4.46. The Hall–Kier alpha value is -6.24. The Balaban J connectivity index is 1.48. The fourth-order valence-electron chi connectivity index (χ4n) is 7.47. The molecule has 0 radical (unpaired) electrons. The molecule has 0 nitrogen and oxygen atoms in total. The molecule has 0 aliphatic heterocycles. The summed E-state index contributed by atoms with van der Waals surface area (Å²) in [7, 11) is 0. The van der Waals surface area contributed by atoms with Gasteiger partial charge in [0.1, 0.15) is 0 Å². The number of hydrogen-bond acceptors (Lipinski definition) is 0. The zero-order chi connectivity index (χ0) is 38.6. The first kappa shape index (κ1) is 20.1. The van der Waals surface area contributed by atoms with Crippen LogP contribution in [0.3, 0.4) is 0 Å². The quantitative estimate of drug-likeness (QED) is 0.137. The lowest BCUT2D eigenvalue weighted by Crippen LogP contribution is -1.93. The third kappa shape index (κ3) is 4.10. The highest BCUT2D eigenvalue weighted by molar-refractivity contribution is 6.24. The van der Waals surface area contributed by atoms with Gasteiger partial charge in [0, 0.05) is 0 Å². The van der Waals surface area contributed by atoms with E-state index >= 15 is 0 Å². The van der Waals surface area contributed by atoms with Gasteiger partial charge >= 0.3 is 0 Å². The first-order valence-electron chi connectivity index (χ1n) is 20.0. The van der Waals surface area contributed by atoms with Gasteiger partial charge in [0.05, 0.1) is 11.0 Å². The Bertz CT molecular complexity index is 3340. The molecule has 0 aromatic heterocycles. The largest absolute Gasteiger partial charge is 0.0636 e. The summed E-state index contributed by atoms with van der Waals surface area (Å²) in [6, 6.07) is 41.4. The van der Waals surface area contributed by atoms with Crippen LogP contribution in [0, 0.1) is 0 Å². The molecule has 0 aliphatic rings. The molecule has 0 atom stereocenters. The number of fused-ring (bicyclic) bond motifs is 7. The van der Waals surface area contributed by atoms with Gasteiger partial charge in [-0.3, -0.25) is 0 Å². The van der Waals surface area contributed by atoms with Gasteiger partial charge in [0.2, 0.25) is 0 Å². The normalized spacial score (nSPS) is 14.1. The van der Waals surface area contributed by atoms with Gasteiger partial charge in [-0.25, -0.2) is 0 Å². The lowest BCUT2D eigenvalue weighted by Gasteiger charge is -2.20. The van der Waals surface area contributed by atoms with Crippen molar-refractivity contribution in [3.63, 3.8) is 0 Å². The molecular formula is C48H30. The van der Waals surface area contributed by atoms with Crippen LogP contribution in [0.2, 0.25) is 0 Å². The topological polar surface area (TPSA) is 0 Å². The van der Waals surface area contributed by atoms with E-state index in [9.17, 15) is 6.85 Å². The second kappa shape index (κ2) is 10.7. The Morgan fingerprint density at radius 3 is 1.85 bits per heavy atom. The second-order valence-electron chi connectivity index (χ2n) is 12.2. The fourth-order valence-corrected chi connectivity index (χ4v) is 7.47. The summed E-state index contributed by atoms with van der Waals surface area (Å²) in [4.78, 5) is 0. The molecule has 0 heteroatoms. The Morgan fingerprint density at radius 1 is 0.312 bits per heavy atom. The van der Waals surface area contributed by atoms with Crippen molar-refractivity contribution in [1.29, 1.82) is 0 Å². The molecule has 0 heterocycles. The van der Waals surface area contributed by atoms with Gasteiger partial charge in [0.15, 0.2) is 0 Å². The highest BCUT2D eigenvalue weighted by atomic mass is 14.2. The molecule has 10 rings (SSSR count). The molecule has 0 spiro atoms. The maximum atomic E-state index is 9.69. The summed E-state index contributed by atoms with van der Waals surface area (Å²) in [6.07, 6.45) is 0. The number of rotatable bonds is 3. The smallest absolute Gasteiger partial charge is 0.0616 e. The second-order valence-corrected chi connectivity index (χ2v) is 12.2. The molecule has 0 saturated heterocycles. The van der Waals surface area contributed by atoms with E-state index in [1.165, 1.54) is 0 Å². The average molecular weight is 615 g/mol. The zero-order valence-corrected chi connectivity index (χ0v) is 25.7. The Morgan fingerprint density at radius 2 is 0.958 bits per heavy atom. The highest BCUT2D eigenvalue weighted by Crippen LogP contribution is 2.47. The molecular weight excluding hydrogens is 577 g/mol. The molecule has 0 saturated carbocycles. The van der Waals surface area contributed by atoms with Gasteiger partial charge in [-0.1, -0.05) is 164 Å². The maximum absolute atomic E-state index is 9.69. The predicted octanol–water partition coefficient (Wildman–Crippen LogP) is 13.6. The third-order valence-electron chi connectivity index (χ3n) is 9.58. The van der Waals surface area contributed by atoms with E-state index in [0.717, 1.165) is 54.2 Å². The van der Waals surface area contributed by atoms with E-state index in [-0.39, 0.29) is 52.4 Å². The van der Waals surface area contributed by atoms with E-state index in [4.69, 9.17) is 4.11 Å². The monoisotopic (exact) mass is 614 g/mol. The van der Waals surface area contributed by atoms with Gasteiger partial charge < -0.3 is 0 Å². The van der Waals surface area contributed by atoms with E-state index in [1.54, 1.807) is 0 Å². The van der Waals surface area contributed by atoms with Crippen LogP contribution < -0.4 is 0 Å². The van der Waals surface area contributed by atoms with Crippen LogP contribution >= 0.6 is 0 Å². The summed E-state index contributed by atoms with van der Waals surface area (Å²) in [6.45, 7) is 0. The van der Waals surface area contributed by atoms with Crippen molar-refractivity contribution in [3.8, 4) is 33.4 Å². The van der Waals surface area contributed by atoms with Crippen LogP contribution in [-0.4, -0.2) is 0 Å². The van der Waals surface area contributed by atoms with E-state index in [2.05, 4.69) is 30.3 Å². The summed E-state index contributed by atoms with van der Waals surface area (Å²) in [5, 5.41) is 8.32. The first-order chi connectivity index (χ1) is 27.2. The van der Waals surface area contributed by atoms with Crippen molar-refractivity contribution in [3.05, 3.63) is 182 Å². The van der Waals surface area contributed by atoms with E-state index in [0.29, 0.717) is 27.6 Å². The van der Waals surface area contributed by atoms with Crippen LogP contribution in [0.15, 0.2) is 182 Å². The fraction of sp³-hybridized carbons (Fsp3) is 0. The van der Waals surface area contributed by atoms with Crippen LogP contribution in [0.5, 0.6) is 0 Å². The van der Waals surface area contributed by atoms with Crippen molar-refractivity contribution < 1.29 is 11.0 Å². The SMILES string of the molecule is [2H]c1c([2H])c([2H])c2c(-c3ccccc3-c3cccc4ccccc34)c3c(-c4cccc5ccc6cc7ccccc7cc6c45)c([2H])c([2H])c([2H])c3c([2H])c2c1[2H]. The van der Waals surface area contributed by atoms with Crippen molar-refractivity contribution >= 4 is 64.6 Å². The van der Waals surface area contributed by atoms with Crippen LogP contribution in [-0.2, 0) is 0 Å². The standard InChI is InChI=1S/C48H30/c1-2-14-34-30-45-36(28-33(34)13-1)27-26-32-17-10-24-43(46(32)45)44-25-11-18-37-29-35-15-4-6-20-39(35)48(47(37)44)42-22-8-7-21-41(42)40-23-9-16-31-12-3-5-19-38(31)40/h1-30H/i4D,6D,11D,15D,18D,20D,25D,29D. The highest BCUT2D eigenvalue weighted by Gasteiger charge is 2.19. The minimum absolute atomic E-state index is 0.0300. The van der Waals surface area contributed by atoms with Crippen LogP contribution in [0.4, 0.5) is 0 Å².